The number of ether oxygens (including phenoxy) is 1. The molecule has 142 valence electrons. The van der Waals surface area contributed by atoms with Crippen molar-refractivity contribution in [1.29, 1.82) is 0 Å². The Morgan fingerprint density at radius 1 is 1.11 bits per heavy atom. The van der Waals surface area contributed by atoms with Gasteiger partial charge in [-0.2, -0.15) is 0 Å². The van der Waals surface area contributed by atoms with Crippen LogP contribution in [0.3, 0.4) is 0 Å². The Balaban J connectivity index is 2.11. The molecule has 0 bridgehead atoms. The van der Waals surface area contributed by atoms with E-state index < -0.39 is 10.9 Å². The lowest BCUT2D eigenvalue weighted by atomic mass is 10.1. The van der Waals surface area contributed by atoms with Crippen molar-refractivity contribution in [2.75, 3.05) is 20.2 Å². The summed E-state index contributed by atoms with van der Waals surface area (Å²) in [7, 11) is 1.64. The van der Waals surface area contributed by atoms with Crippen LogP contribution in [0, 0.1) is 10.1 Å². The molecule has 0 N–H and O–H groups in total. The van der Waals surface area contributed by atoms with E-state index in [0.717, 1.165) is 18.9 Å². The minimum atomic E-state index is -0.693. The maximum atomic E-state index is 12.6. The fourth-order valence-electron chi connectivity index (χ4n) is 2.66. The van der Waals surface area contributed by atoms with Crippen LogP contribution in [0.2, 0.25) is 0 Å². The molecule has 0 saturated carbocycles. The standard InChI is InChI=1S/C20H22N2O5/c1-3-27-20(24)17-12-16(13-18(14-17)22(25)26)19(23)21(2)11-7-10-15-8-5-4-6-9-15/h4-6,8-9,12-14H,3,7,10-11H2,1-2H3. The summed E-state index contributed by atoms with van der Waals surface area (Å²) in [5.41, 5.74) is 0.946. The molecule has 0 aliphatic rings. The molecule has 0 heterocycles. The molecule has 7 heteroatoms. The van der Waals surface area contributed by atoms with Gasteiger partial charge in [-0.05, 0) is 31.4 Å². The molecular weight excluding hydrogens is 348 g/mol. The van der Waals surface area contributed by atoms with Crippen molar-refractivity contribution >= 4 is 17.6 Å². The minimum Gasteiger partial charge on any atom is -0.462 e. The lowest BCUT2D eigenvalue weighted by Crippen LogP contribution is -2.28. The SMILES string of the molecule is CCOC(=O)c1cc(C(=O)N(C)CCCc2ccccc2)cc([N+](=O)[O-])c1. The Bertz CT molecular complexity index is 820. The summed E-state index contributed by atoms with van der Waals surface area (Å²) in [5.74, 6) is -1.07. The molecule has 0 saturated heterocycles. The topological polar surface area (TPSA) is 89.8 Å². The van der Waals surface area contributed by atoms with Crippen molar-refractivity contribution in [3.8, 4) is 0 Å². The van der Waals surface area contributed by atoms with Crippen LogP contribution in [0.15, 0.2) is 48.5 Å². The van der Waals surface area contributed by atoms with Crippen molar-refractivity contribution in [1.82, 2.24) is 4.90 Å². The third-order valence-electron chi connectivity index (χ3n) is 4.04. The Morgan fingerprint density at radius 2 is 1.78 bits per heavy atom. The predicted octanol–water partition coefficient (Wildman–Crippen LogP) is 3.48. The number of carbonyl (C=O) groups excluding carboxylic acids is 2. The number of carbonyl (C=O) groups is 2. The van der Waals surface area contributed by atoms with E-state index in [-0.39, 0.29) is 29.3 Å². The van der Waals surface area contributed by atoms with Crippen LogP contribution >= 0.6 is 0 Å². The molecule has 2 rings (SSSR count). The molecule has 1 amide bonds. The minimum absolute atomic E-state index is 0.00733. The number of nitrogens with zero attached hydrogens (tertiary/aromatic N) is 2. The maximum absolute atomic E-state index is 12.6. The van der Waals surface area contributed by atoms with Crippen LogP contribution in [0.5, 0.6) is 0 Å². The summed E-state index contributed by atoms with van der Waals surface area (Å²) in [6.45, 7) is 2.27. The number of amides is 1. The molecule has 0 radical (unpaired) electrons. The smallest absolute Gasteiger partial charge is 0.338 e. The summed E-state index contributed by atoms with van der Waals surface area (Å²) < 4.78 is 4.89. The zero-order valence-corrected chi connectivity index (χ0v) is 15.4. The van der Waals surface area contributed by atoms with Crippen molar-refractivity contribution in [2.24, 2.45) is 0 Å². The first kappa shape index (κ1) is 20.1. The highest BCUT2D eigenvalue weighted by Gasteiger charge is 2.20. The molecule has 2 aromatic carbocycles. The summed E-state index contributed by atoms with van der Waals surface area (Å²) in [6.07, 6.45) is 1.58. The summed E-state index contributed by atoms with van der Waals surface area (Å²) in [4.78, 5) is 36.6. The van der Waals surface area contributed by atoms with Gasteiger partial charge in [-0.1, -0.05) is 30.3 Å². The van der Waals surface area contributed by atoms with Gasteiger partial charge in [-0.25, -0.2) is 4.79 Å². The first-order valence-corrected chi connectivity index (χ1v) is 8.68. The van der Waals surface area contributed by atoms with Gasteiger partial charge in [0.15, 0.2) is 0 Å². The van der Waals surface area contributed by atoms with Crippen molar-refractivity contribution in [3.63, 3.8) is 0 Å². The van der Waals surface area contributed by atoms with E-state index in [1.807, 2.05) is 30.3 Å². The van der Waals surface area contributed by atoms with Crippen molar-refractivity contribution in [3.05, 3.63) is 75.3 Å². The Morgan fingerprint density at radius 3 is 2.41 bits per heavy atom. The second kappa shape index (κ2) is 9.47. The number of aryl methyl sites for hydroxylation is 1. The lowest BCUT2D eigenvalue weighted by Gasteiger charge is -2.17. The number of rotatable bonds is 8. The normalized spacial score (nSPS) is 10.3. The quantitative estimate of drug-likeness (QED) is 0.403. The molecule has 0 fully saturated rings. The number of hydrogen-bond donors (Lipinski definition) is 0. The molecule has 0 aliphatic carbocycles. The highest BCUT2D eigenvalue weighted by molar-refractivity contribution is 5.98. The third kappa shape index (κ3) is 5.64. The fourth-order valence-corrected chi connectivity index (χ4v) is 2.66. The van der Waals surface area contributed by atoms with E-state index in [1.54, 1.807) is 14.0 Å². The number of esters is 1. The van der Waals surface area contributed by atoms with Crippen LogP contribution in [0.25, 0.3) is 0 Å². The second-order valence-electron chi connectivity index (χ2n) is 6.06. The number of hydrogen-bond acceptors (Lipinski definition) is 5. The predicted molar refractivity (Wildman–Crippen MR) is 101 cm³/mol. The number of benzene rings is 2. The van der Waals surface area contributed by atoms with E-state index in [2.05, 4.69) is 0 Å². The Labute approximate surface area is 157 Å². The zero-order chi connectivity index (χ0) is 19.8. The van der Waals surface area contributed by atoms with E-state index >= 15 is 0 Å². The molecule has 0 aromatic heterocycles. The molecular formula is C20H22N2O5. The first-order valence-electron chi connectivity index (χ1n) is 8.68. The third-order valence-corrected chi connectivity index (χ3v) is 4.04. The molecule has 2 aromatic rings. The molecule has 0 spiro atoms. The monoisotopic (exact) mass is 370 g/mol. The number of non-ortho nitro benzene ring substituents is 1. The van der Waals surface area contributed by atoms with Crippen molar-refractivity contribution in [2.45, 2.75) is 19.8 Å². The average Bonchev–Trinajstić information content (AvgIpc) is 2.67. The maximum Gasteiger partial charge on any atom is 0.338 e. The van der Waals surface area contributed by atoms with Gasteiger partial charge >= 0.3 is 5.97 Å². The summed E-state index contributed by atoms with van der Waals surface area (Å²) >= 11 is 0. The number of nitro groups is 1. The van der Waals surface area contributed by atoms with E-state index in [1.165, 1.54) is 22.6 Å². The molecule has 27 heavy (non-hydrogen) atoms. The lowest BCUT2D eigenvalue weighted by molar-refractivity contribution is -0.384. The highest BCUT2D eigenvalue weighted by Crippen LogP contribution is 2.19. The van der Waals surface area contributed by atoms with Crippen LogP contribution < -0.4 is 0 Å². The van der Waals surface area contributed by atoms with E-state index in [0.29, 0.717) is 6.54 Å². The average molecular weight is 370 g/mol. The Hall–Kier alpha value is -3.22. The first-order chi connectivity index (χ1) is 12.9. The molecule has 0 atom stereocenters. The van der Waals surface area contributed by atoms with Gasteiger partial charge in [-0.3, -0.25) is 14.9 Å². The van der Waals surface area contributed by atoms with Gasteiger partial charge < -0.3 is 9.64 Å². The summed E-state index contributed by atoms with van der Waals surface area (Å²) in [6, 6.07) is 13.5. The van der Waals surface area contributed by atoms with Gasteiger partial charge in [0.2, 0.25) is 0 Å². The highest BCUT2D eigenvalue weighted by atomic mass is 16.6. The Kier molecular flexibility index (Phi) is 7.05. The largest absolute Gasteiger partial charge is 0.462 e. The van der Waals surface area contributed by atoms with Gasteiger partial charge in [0.25, 0.3) is 11.6 Å². The zero-order valence-electron chi connectivity index (χ0n) is 15.4. The molecule has 7 nitrogen and oxygen atoms in total. The van der Waals surface area contributed by atoms with E-state index in [4.69, 9.17) is 4.74 Å². The fraction of sp³-hybridized carbons (Fsp3) is 0.300. The molecule has 0 aliphatic heterocycles. The van der Waals surface area contributed by atoms with Crippen molar-refractivity contribution < 1.29 is 19.2 Å². The van der Waals surface area contributed by atoms with Gasteiger partial charge in [0.05, 0.1) is 17.1 Å². The number of nitro benzene ring substituents is 1. The summed E-state index contributed by atoms with van der Waals surface area (Å²) in [5, 5.41) is 11.1. The second-order valence-corrected chi connectivity index (χ2v) is 6.06. The van der Waals surface area contributed by atoms with Gasteiger partial charge in [0, 0.05) is 31.3 Å². The van der Waals surface area contributed by atoms with Crippen LogP contribution in [-0.4, -0.2) is 41.9 Å². The van der Waals surface area contributed by atoms with Crippen LogP contribution in [0.1, 0.15) is 39.6 Å². The van der Waals surface area contributed by atoms with Gasteiger partial charge in [0.1, 0.15) is 0 Å². The molecule has 0 unspecified atom stereocenters. The van der Waals surface area contributed by atoms with Gasteiger partial charge in [-0.15, -0.1) is 0 Å². The van der Waals surface area contributed by atoms with E-state index in [9.17, 15) is 19.7 Å². The van der Waals surface area contributed by atoms with Crippen LogP contribution in [-0.2, 0) is 11.2 Å². The van der Waals surface area contributed by atoms with Crippen LogP contribution in [0.4, 0.5) is 5.69 Å².